The molecule has 1 aromatic heterocycles. The van der Waals surface area contributed by atoms with Gasteiger partial charge in [-0.1, -0.05) is 35.4 Å². The summed E-state index contributed by atoms with van der Waals surface area (Å²) in [6.45, 7) is 4.49. The largest absolute Gasteiger partial charge is 0.390 e. The second kappa shape index (κ2) is 16.2. The summed E-state index contributed by atoms with van der Waals surface area (Å²) in [7, 11) is -2.28. The van der Waals surface area contributed by atoms with Crippen molar-refractivity contribution in [3.8, 4) is 0 Å². The number of aryl methyl sites for hydroxylation is 1. The minimum absolute atomic E-state index is 0.0148. The number of aliphatic hydroxyl groups excluding tert-OH is 1. The van der Waals surface area contributed by atoms with E-state index in [1.165, 1.54) is 16.9 Å². The van der Waals surface area contributed by atoms with E-state index in [-0.39, 0.29) is 16.3 Å². The molecule has 1 aliphatic rings. The van der Waals surface area contributed by atoms with Gasteiger partial charge in [0, 0.05) is 32.1 Å². The van der Waals surface area contributed by atoms with Crippen LogP contribution in [0.3, 0.4) is 0 Å². The lowest BCUT2D eigenvalue weighted by Gasteiger charge is -2.29. The van der Waals surface area contributed by atoms with Gasteiger partial charge in [0.25, 0.3) is 10.0 Å². The van der Waals surface area contributed by atoms with Crippen LogP contribution in [0.5, 0.6) is 0 Å². The molecule has 0 saturated carbocycles. The monoisotopic (exact) mass is 566 g/mol. The Morgan fingerprint density at radius 3 is 2.63 bits per heavy atom. The van der Waals surface area contributed by atoms with Crippen LogP contribution in [0.15, 0.2) is 34.1 Å². The van der Waals surface area contributed by atoms with Crippen LogP contribution in [-0.2, 0) is 21.2 Å². The smallest absolute Gasteiger partial charge is 0.252 e. The molecule has 2 rings (SSSR count). The van der Waals surface area contributed by atoms with E-state index in [0.29, 0.717) is 30.1 Å². The Bertz CT molecular complexity index is 945. The summed E-state index contributed by atoms with van der Waals surface area (Å²) in [5.41, 5.74) is 1.97. The lowest BCUT2D eigenvalue weighted by molar-refractivity contribution is -0.107. The Morgan fingerprint density at radius 2 is 2.00 bits per heavy atom. The molecule has 3 N–H and O–H groups in total. The number of carbonyl (C=O) groups excluding carboxylic acids is 1. The molecule has 0 saturated heterocycles. The maximum absolute atomic E-state index is 12.9. The third kappa shape index (κ3) is 11.5. The molecule has 1 unspecified atom stereocenters. The normalized spacial score (nSPS) is 14.9. The van der Waals surface area contributed by atoms with Crippen LogP contribution in [0.2, 0.25) is 4.34 Å². The van der Waals surface area contributed by atoms with Crippen molar-refractivity contribution in [1.29, 1.82) is 0 Å². The van der Waals surface area contributed by atoms with E-state index >= 15 is 0 Å². The first-order valence-electron chi connectivity index (χ1n) is 11.7. The number of carbonyl (C=O) groups is 1. The van der Waals surface area contributed by atoms with E-state index in [4.69, 9.17) is 16.2 Å². The summed E-state index contributed by atoms with van der Waals surface area (Å²) in [5.74, 6) is 0. The zero-order valence-corrected chi connectivity index (χ0v) is 24.0. The van der Waals surface area contributed by atoms with Crippen LogP contribution < -0.4 is 5.32 Å². The highest BCUT2D eigenvalue weighted by atomic mass is 35.5. The number of sulfonamides is 1. The predicted octanol–water partition coefficient (Wildman–Crippen LogP) is 5.11. The number of nitrogens with one attached hydrogen (secondary N) is 1. The topological polar surface area (TPSA) is 107 Å². The standard InChI is InChI=1S/C24H37ClN2O4S2.H2OS/c1-24(2,14-9-12-19-10-5-4-6-11-19)26-17-21(29)18-27(3)33(30,31)22-16-20(23(25)32-22)13-7-8-15-28;1-2/h5,10-11,15-16,21,26,29H,4,6-9,12-14,17-18H2,1-3H3;1-2H. The maximum Gasteiger partial charge on any atom is 0.252 e. The number of halogens is 1. The number of hydrogen-bond donors (Lipinski definition) is 4. The van der Waals surface area contributed by atoms with E-state index in [9.17, 15) is 18.3 Å². The molecule has 7 nitrogen and oxygen atoms in total. The number of aldehydes is 1. The highest BCUT2D eigenvalue weighted by molar-refractivity contribution is 7.91. The first kappa shape index (κ1) is 32.3. The molecule has 0 bridgehead atoms. The molecule has 0 radical (unpaired) electrons. The van der Waals surface area contributed by atoms with Crippen molar-refractivity contribution in [2.45, 2.75) is 81.1 Å². The summed E-state index contributed by atoms with van der Waals surface area (Å²) in [4.78, 5) is 10.5. The number of aliphatic hydroxyl groups is 1. The Hall–Kier alpha value is -0.720. The number of thiol groups is 1. The maximum atomic E-state index is 12.9. The fourth-order valence-corrected chi connectivity index (χ4v) is 6.96. The number of nitrogens with zero attached hydrogens (tertiary/aromatic N) is 1. The minimum Gasteiger partial charge on any atom is -0.390 e. The molecule has 0 fully saturated rings. The summed E-state index contributed by atoms with van der Waals surface area (Å²) < 4.78 is 34.3. The Labute approximate surface area is 224 Å². The Morgan fingerprint density at radius 1 is 1.29 bits per heavy atom. The number of likely N-dealkylation sites (N-methyl/N-ethyl adjacent to an activating group) is 1. The second-order valence-corrected chi connectivity index (χ2v) is 13.2. The molecular formula is C24H39ClN2O5S3. The molecule has 200 valence electrons. The Kier molecular flexibility index (Phi) is 14.9. The van der Waals surface area contributed by atoms with Crippen LogP contribution in [0.4, 0.5) is 0 Å². The molecule has 1 atom stereocenters. The van der Waals surface area contributed by atoms with E-state index in [1.807, 2.05) is 0 Å². The third-order valence-corrected chi connectivity index (χ3v) is 9.50. The highest BCUT2D eigenvalue weighted by Crippen LogP contribution is 2.33. The highest BCUT2D eigenvalue weighted by Gasteiger charge is 2.27. The van der Waals surface area contributed by atoms with Gasteiger partial charge in [-0.2, -0.15) is 4.31 Å². The molecule has 0 aromatic carbocycles. The van der Waals surface area contributed by atoms with Crippen molar-refractivity contribution in [3.63, 3.8) is 0 Å². The van der Waals surface area contributed by atoms with Gasteiger partial charge in [0.15, 0.2) is 0 Å². The van der Waals surface area contributed by atoms with E-state index in [2.05, 4.69) is 50.3 Å². The fraction of sp³-hybridized carbons (Fsp3) is 0.625. The quantitative estimate of drug-likeness (QED) is 0.102. The van der Waals surface area contributed by atoms with E-state index in [0.717, 1.165) is 55.3 Å². The van der Waals surface area contributed by atoms with Crippen LogP contribution in [0, 0.1) is 0 Å². The van der Waals surface area contributed by atoms with Crippen molar-refractivity contribution in [2.24, 2.45) is 0 Å². The first-order valence-corrected chi connectivity index (χ1v) is 14.8. The third-order valence-electron chi connectivity index (χ3n) is 5.79. The number of allylic oxidation sites excluding steroid dienone is 4. The summed E-state index contributed by atoms with van der Waals surface area (Å²) >= 11 is 9.75. The van der Waals surface area contributed by atoms with E-state index in [1.54, 1.807) is 6.07 Å². The first-order chi connectivity index (χ1) is 16.5. The van der Waals surface area contributed by atoms with Gasteiger partial charge in [-0.05, 0) is 83.3 Å². The predicted molar refractivity (Wildman–Crippen MR) is 148 cm³/mol. The van der Waals surface area contributed by atoms with Gasteiger partial charge >= 0.3 is 0 Å². The van der Waals surface area contributed by atoms with E-state index < -0.39 is 16.1 Å². The molecule has 0 amide bonds. The van der Waals surface area contributed by atoms with Gasteiger partial charge in [0.2, 0.25) is 0 Å². The summed E-state index contributed by atoms with van der Waals surface area (Å²) in [5, 5.41) is 13.9. The molecule has 0 aliphatic heterocycles. The molecule has 1 aromatic rings. The lowest BCUT2D eigenvalue weighted by atomic mass is 9.94. The van der Waals surface area contributed by atoms with Crippen molar-refractivity contribution in [2.75, 3.05) is 20.1 Å². The Balaban J connectivity index is 0.00000298. The molecule has 1 heterocycles. The van der Waals surface area contributed by atoms with Crippen molar-refractivity contribution < 1.29 is 22.9 Å². The van der Waals surface area contributed by atoms with Gasteiger partial charge in [-0.15, -0.1) is 11.3 Å². The molecule has 35 heavy (non-hydrogen) atoms. The van der Waals surface area contributed by atoms with Gasteiger partial charge in [0.05, 0.1) is 10.4 Å². The average molecular weight is 567 g/mol. The minimum atomic E-state index is -3.75. The van der Waals surface area contributed by atoms with Gasteiger partial charge in [0.1, 0.15) is 10.5 Å². The van der Waals surface area contributed by atoms with Crippen LogP contribution in [0.1, 0.15) is 64.4 Å². The number of β-amino-alcohol motifs (C(OH)–C–C–N with tert-alkyl or cyclic N) is 1. The lowest BCUT2D eigenvalue weighted by Crippen LogP contribution is -2.46. The van der Waals surface area contributed by atoms with Crippen molar-refractivity contribution in [1.82, 2.24) is 9.62 Å². The summed E-state index contributed by atoms with van der Waals surface area (Å²) in [6, 6.07) is 1.58. The van der Waals surface area contributed by atoms with Crippen LogP contribution >= 0.6 is 35.8 Å². The van der Waals surface area contributed by atoms with Gasteiger partial charge < -0.3 is 19.8 Å². The molecule has 11 heteroatoms. The zero-order valence-electron chi connectivity index (χ0n) is 20.7. The number of unbranched alkanes of at least 4 members (excludes halogenated alkanes) is 1. The number of rotatable bonds is 15. The summed E-state index contributed by atoms with van der Waals surface area (Å²) in [6.07, 6.45) is 13.6. The average Bonchev–Trinajstić information content (AvgIpc) is 3.21. The number of thiophene rings is 1. The van der Waals surface area contributed by atoms with Crippen LogP contribution in [0.25, 0.3) is 0 Å². The second-order valence-electron chi connectivity index (χ2n) is 9.24. The van der Waals surface area contributed by atoms with Crippen molar-refractivity contribution in [3.05, 3.63) is 39.8 Å². The fourth-order valence-electron chi connectivity index (χ4n) is 3.74. The van der Waals surface area contributed by atoms with Gasteiger partial charge in [-0.25, -0.2) is 8.42 Å². The molecule has 1 aliphatic carbocycles. The zero-order chi connectivity index (χ0) is 26.5. The molecular weight excluding hydrogens is 528 g/mol. The van der Waals surface area contributed by atoms with Crippen molar-refractivity contribution >= 4 is 52.2 Å². The molecule has 0 spiro atoms. The number of hydrogen-bond acceptors (Lipinski definition) is 8. The van der Waals surface area contributed by atoms with Crippen LogP contribution in [-0.4, -0.2) is 60.4 Å². The SMILES string of the molecule is CN(CC(O)CNC(C)(C)CCCC1=CCCC=C1)S(=O)(=O)c1cc(CCCC=O)c(Cl)s1.OS. The van der Waals surface area contributed by atoms with Gasteiger partial charge in [-0.3, -0.25) is 0 Å².